The molecule has 0 spiro atoms. The van der Waals surface area contributed by atoms with E-state index in [1.807, 2.05) is 41.9 Å². The summed E-state index contributed by atoms with van der Waals surface area (Å²) in [7, 11) is 0. The number of ether oxygens (including phenoxy) is 1. The molecule has 0 saturated carbocycles. The zero-order valence-electron chi connectivity index (χ0n) is 13.6. The molecule has 7 heteroatoms. The van der Waals surface area contributed by atoms with E-state index in [9.17, 15) is 4.79 Å². The van der Waals surface area contributed by atoms with Gasteiger partial charge in [-0.2, -0.15) is 16.4 Å². The lowest BCUT2D eigenvalue weighted by Crippen LogP contribution is -2.47. The van der Waals surface area contributed by atoms with Crippen LogP contribution in [-0.4, -0.2) is 39.9 Å². The predicted molar refractivity (Wildman–Crippen MR) is 90.8 cm³/mol. The summed E-state index contributed by atoms with van der Waals surface area (Å²) in [6.07, 6.45) is 3.48. The molecule has 6 nitrogen and oxygen atoms in total. The molecule has 2 aromatic rings. The lowest BCUT2D eigenvalue weighted by atomic mass is 10.1. The van der Waals surface area contributed by atoms with E-state index in [4.69, 9.17) is 4.74 Å². The lowest BCUT2D eigenvalue weighted by Gasteiger charge is -2.36. The third kappa shape index (κ3) is 3.73. The van der Waals surface area contributed by atoms with Gasteiger partial charge in [-0.1, -0.05) is 0 Å². The van der Waals surface area contributed by atoms with Crippen LogP contribution in [0.4, 0.5) is 10.5 Å². The summed E-state index contributed by atoms with van der Waals surface area (Å²) in [6.45, 7) is 7.24. The van der Waals surface area contributed by atoms with E-state index in [0.717, 1.165) is 11.3 Å². The molecule has 1 saturated heterocycles. The summed E-state index contributed by atoms with van der Waals surface area (Å²) in [5.74, 6) is 0. The van der Waals surface area contributed by atoms with Crippen molar-refractivity contribution in [2.75, 3.05) is 18.4 Å². The van der Waals surface area contributed by atoms with Gasteiger partial charge < -0.3 is 15.0 Å². The molecule has 2 aromatic heterocycles. The van der Waals surface area contributed by atoms with Crippen molar-refractivity contribution < 1.29 is 9.53 Å². The Labute approximate surface area is 140 Å². The quantitative estimate of drug-likeness (QED) is 0.934. The first kappa shape index (κ1) is 16.0. The van der Waals surface area contributed by atoms with Gasteiger partial charge in [0.15, 0.2) is 0 Å². The highest BCUT2D eigenvalue weighted by Crippen LogP contribution is 2.27. The molecule has 1 aliphatic rings. The van der Waals surface area contributed by atoms with Gasteiger partial charge in [-0.15, -0.1) is 0 Å². The lowest BCUT2D eigenvalue weighted by molar-refractivity contribution is -0.0640. The van der Waals surface area contributed by atoms with Crippen LogP contribution in [0.3, 0.4) is 0 Å². The SMILES string of the molecule is CC(C)n1cc(NC(=O)N2C[C@H](C)O[C@@H](c3ccsc3)C2)cn1. The normalized spacial score (nSPS) is 21.7. The van der Waals surface area contributed by atoms with Gasteiger partial charge in [0, 0.05) is 18.8 Å². The number of nitrogens with one attached hydrogen (secondary N) is 1. The minimum Gasteiger partial charge on any atom is -0.367 e. The molecular formula is C16H22N4O2S. The number of hydrogen-bond acceptors (Lipinski definition) is 4. The second-order valence-electron chi connectivity index (χ2n) is 6.13. The predicted octanol–water partition coefficient (Wildman–Crippen LogP) is 3.52. The molecule has 0 unspecified atom stereocenters. The number of anilines is 1. The molecule has 124 valence electrons. The van der Waals surface area contributed by atoms with Crippen molar-refractivity contribution in [1.82, 2.24) is 14.7 Å². The van der Waals surface area contributed by atoms with Crippen LogP contribution < -0.4 is 5.32 Å². The van der Waals surface area contributed by atoms with Crippen LogP contribution >= 0.6 is 11.3 Å². The first-order valence-corrected chi connectivity index (χ1v) is 8.75. The van der Waals surface area contributed by atoms with E-state index < -0.39 is 0 Å². The Morgan fingerprint density at radius 2 is 2.30 bits per heavy atom. The maximum absolute atomic E-state index is 12.5. The van der Waals surface area contributed by atoms with Crippen molar-refractivity contribution in [3.63, 3.8) is 0 Å². The average Bonchev–Trinajstić information content (AvgIpc) is 3.18. The van der Waals surface area contributed by atoms with Gasteiger partial charge in [-0.25, -0.2) is 4.79 Å². The van der Waals surface area contributed by atoms with Crippen LogP contribution in [0.1, 0.15) is 38.5 Å². The highest BCUT2D eigenvalue weighted by atomic mass is 32.1. The Balaban J connectivity index is 1.66. The third-order valence-corrected chi connectivity index (χ3v) is 4.55. The number of nitrogens with zero attached hydrogens (tertiary/aromatic N) is 3. The summed E-state index contributed by atoms with van der Waals surface area (Å²) < 4.78 is 7.79. The van der Waals surface area contributed by atoms with Gasteiger partial charge in [-0.3, -0.25) is 4.68 Å². The van der Waals surface area contributed by atoms with Crippen molar-refractivity contribution >= 4 is 23.1 Å². The third-order valence-electron chi connectivity index (χ3n) is 3.84. The molecule has 0 aliphatic carbocycles. The number of morpholine rings is 1. The van der Waals surface area contributed by atoms with Crippen LogP contribution in [-0.2, 0) is 4.74 Å². The largest absolute Gasteiger partial charge is 0.367 e. The van der Waals surface area contributed by atoms with E-state index >= 15 is 0 Å². The number of amides is 2. The number of rotatable bonds is 3. The summed E-state index contributed by atoms with van der Waals surface area (Å²) in [5, 5.41) is 11.3. The summed E-state index contributed by atoms with van der Waals surface area (Å²) >= 11 is 1.64. The van der Waals surface area contributed by atoms with Gasteiger partial charge in [0.25, 0.3) is 0 Å². The standard InChI is InChI=1S/C16H22N4O2S/c1-11(2)20-8-14(6-17-20)18-16(21)19-7-12(3)22-15(9-19)13-4-5-23-10-13/h4-6,8,10-12,15H,7,9H2,1-3H3,(H,18,21)/t12-,15+/m0/s1. The fraction of sp³-hybridized carbons (Fsp3) is 0.500. The van der Waals surface area contributed by atoms with Gasteiger partial charge >= 0.3 is 6.03 Å². The van der Waals surface area contributed by atoms with E-state index in [1.54, 1.807) is 17.5 Å². The number of hydrogen-bond donors (Lipinski definition) is 1. The monoisotopic (exact) mass is 334 g/mol. The van der Waals surface area contributed by atoms with Crippen LogP contribution in [0, 0.1) is 0 Å². The molecule has 23 heavy (non-hydrogen) atoms. The van der Waals surface area contributed by atoms with Gasteiger partial charge in [-0.05, 0) is 43.2 Å². The van der Waals surface area contributed by atoms with Crippen molar-refractivity contribution in [2.45, 2.75) is 39.0 Å². The Hall–Kier alpha value is -1.86. The molecule has 1 fully saturated rings. The smallest absolute Gasteiger partial charge is 0.322 e. The molecule has 1 aliphatic heterocycles. The van der Waals surface area contributed by atoms with Crippen LogP contribution in [0.2, 0.25) is 0 Å². The van der Waals surface area contributed by atoms with Crippen molar-refractivity contribution in [3.8, 4) is 0 Å². The topological polar surface area (TPSA) is 59.4 Å². The Morgan fingerprint density at radius 3 is 2.96 bits per heavy atom. The Kier molecular flexibility index (Phi) is 4.68. The van der Waals surface area contributed by atoms with Crippen LogP contribution in [0.15, 0.2) is 29.2 Å². The van der Waals surface area contributed by atoms with E-state index in [1.165, 1.54) is 0 Å². The number of carbonyl (C=O) groups is 1. The first-order chi connectivity index (χ1) is 11.0. The van der Waals surface area contributed by atoms with Crippen LogP contribution in [0.25, 0.3) is 0 Å². The van der Waals surface area contributed by atoms with Gasteiger partial charge in [0.05, 0.1) is 24.5 Å². The van der Waals surface area contributed by atoms with Crippen molar-refractivity contribution in [3.05, 3.63) is 34.8 Å². The fourth-order valence-corrected chi connectivity index (χ4v) is 3.35. The second-order valence-corrected chi connectivity index (χ2v) is 6.91. The molecule has 2 atom stereocenters. The van der Waals surface area contributed by atoms with Crippen molar-refractivity contribution in [2.24, 2.45) is 0 Å². The fourth-order valence-electron chi connectivity index (χ4n) is 2.65. The summed E-state index contributed by atoms with van der Waals surface area (Å²) in [4.78, 5) is 14.3. The maximum atomic E-state index is 12.5. The summed E-state index contributed by atoms with van der Waals surface area (Å²) in [5.41, 5.74) is 1.85. The first-order valence-electron chi connectivity index (χ1n) is 7.80. The molecule has 0 radical (unpaired) electrons. The Morgan fingerprint density at radius 1 is 1.48 bits per heavy atom. The van der Waals surface area contributed by atoms with E-state index in [2.05, 4.69) is 21.9 Å². The molecule has 3 rings (SSSR count). The zero-order chi connectivity index (χ0) is 16.4. The van der Waals surface area contributed by atoms with Crippen LogP contribution in [0.5, 0.6) is 0 Å². The number of aromatic nitrogens is 2. The maximum Gasteiger partial charge on any atom is 0.322 e. The molecule has 3 heterocycles. The average molecular weight is 334 g/mol. The van der Waals surface area contributed by atoms with Gasteiger partial charge in [0.2, 0.25) is 0 Å². The Bertz CT molecular complexity index is 653. The van der Waals surface area contributed by atoms with E-state index in [0.29, 0.717) is 13.1 Å². The number of carbonyl (C=O) groups excluding carboxylic acids is 1. The summed E-state index contributed by atoms with van der Waals surface area (Å²) in [6, 6.07) is 2.21. The molecular weight excluding hydrogens is 312 g/mol. The van der Waals surface area contributed by atoms with E-state index in [-0.39, 0.29) is 24.3 Å². The number of urea groups is 1. The molecule has 1 N–H and O–H groups in total. The molecule has 0 bridgehead atoms. The highest BCUT2D eigenvalue weighted by Gasteiger charge is 2.29. The highest BCUT2D eigenvalue weighted by molar-refractivity contribution is 7.07. The zero-order valence-corrected chi connectivity index (χ0v) is 14.4. The second kappa shape index (κ2) is 6.72. The molecule has 0 aromatic carbocycles. The minimum absolute atomic E-state index is 0.0118. The molecule has 2 amide bonds. The van der Waals surface area contributed by atoms with Crippen molar-refractivity contribution in [1.29, 1.82) is 0 Å². The van der Waals surface area contributed by atoms with Gasteiger partial charge in [0.1, 0.15) is 6.10 Å². The number of thiophene rings is 1. The minimum atomic E-state index is -0.108.